The van der Waals surface area contributed by atoms with Crippen LogP contribution in [0.4, 0.5) is 0 Å². The number of hydrogen-bond acceptors (Lipinski definition) is 4. The summed E-state index contributed by atoms with van der Waals surface area (Å²) in [7, 11) is 0. The lowest BCUT2D eigenvalue weighted by molar-refractivity contribution is 0.0938. The number of aromatic nitrogens is 1. The zero-order valence-electron chi connectivity index (χ0n) is 15.5. The Morgan fingerprint density at radius 3 is 2.58 bits per heavy atom. The van der Waals surface area contributed by atoms with Crippen LogP contribution in [-0.4, -0.2) is 41.6 Å². The molecule has 3 aromatic rings. The Kier molecular flexibility index (Phi) is 5.68. The molecule has 1 heterocycles. The maximum atomic E-state index is 12.6. The van der Waals surface area contributed by atoms with E-state index in [1.165, 1.54) is 0 Å². The van der Waals surface area contributed by atoms with Crippen LogP contribution in [0.15, 0.2) is 53.1 Å². The SMILES string of the molecule is CCN(CC)C(C)CNC(=O)c1ccc2noc(-c3ccccc3)c2c1. The maximum absolute atomic E-state index is 12.6. The number of rotatable bonds is 7. The molecule has 5 heteroatoms. The summed E-state index contributed by atoms with van der Waals surface area (Å²) in [5.74, 6) is 0.609. The van der Waals surface area contributed by atoms with Gasteiger partial charge in [0.05, 0.1) is 5.39 Å². The molecule has 0 aliphatic rings. The van der Waals surface area contributed by atoms with Gasteiger partial charge in [-0.3, -0.25) is 9.69 Å². The average Bonchev–Trinajstić information content (AvgIpc) is 3.11. The summed E-state index contributed by atoms with van der Waals surface area (Å²) in [5, 5.41) is 7.98. The van der Waals surface area contributed by atoms with Gasteiger partial charge in [0.1, 0.15) is 5.52 Å². The molecule has 1 amide bonds. The summed E-state index contributed by atoms with van der Waals surface area (Å²) in [6.07, 6.45) is 0. The van der Waals surface area contributed by atoms with Crippen molar-refractivity contribution in [3.05, 3.63) is 54.1 Å². The van der Waals surface area contributed by atoms with E-state index >= 15 is 0 Å². The highest BCUT2D eigenvalue weighted by Crippen LogP contribution is 2.29. The lowest BCUT2D eigenvalue weighted by Crippen LogP contribution is -2.42. The Bertz CT molecular complexity index is 869. The molecule has 0 radical (unpaired) electrons. The number of carbonyl (C=O) groups is 1. The van der Waals surface area contributed by atoms with Crippen LogP contribution in [0, 0.1) is 0 Å². The number of likely N-dealkylation sites (N-methyl/N-ethyl adjacent to an activating group) is 1. The quantitative estimate of drug-likeness (QED) is 0.700. The second-order valence-corrected chi connectivity index (χ2v) is 6.39. The molecule has 0 saturated heterocycles. The lowest BCUT2D eigenvalue weighted by Gasteiger charge is -2.26. The largest absolute Gasteiger partial charge is 0.355 e. The van der Waals surface area contributed by atoms with E-state index in [1.807, 2.05) is 42.5 Å². The second-order valence-electron chi connectivity index (χ2n) is 6.39. The minimum Gasteiger partial charge on any atom is -0.355 e. The van der Waals surface area contributed by atoms with E-state index in [1.54, 1.807) is 6.07 Å². The highest BCUT2D eigenvalue weighted by Gasteiger charge is 2.15. The van der Waals surface area contributed by atoms with Gasteiger partial charge in [-0.1, -0.05) is 49.3 Å². The number of nitrogens with one attached hydrogen (secondary N) is 1. The number of hydrogen-bond donors (Lipinski definition) is 1. The van der Waals surface area contributed by atoms with Gasteiger partial charge in [-0.25, -0.2) is 0 Å². The van der Waals surface area contributed by atoms with Crippen molar-refractivity contribution >= 4 is 16.8 Å². The van der Waals surface area contributed by atoms with Crippen LogP contribution in [0.2, 0.25) is 0 Å². The third kappa shape index (κ3) is 3.78. The first-order chi connectivity index (χ1) is 12.6. The molecule has 1 atom stereocenters. The fraction of sp³-hybridized carbons (Fsp3) is 0.333. The second kappa shape index (κ2) is 8.15. The maximum Gasteiger partial charge on any atom is 0.251 e. The van der Waals surface area contributed by atoms with Crippen LogP contribution >= 0.6 is 0 Å². The van der Waals surface area contributed by atoms with Crippen LogP contribution in [0.3, 0.4) is 0 Å². The molecule has 0 spiro atoms. The molecule has 1 unspecified atom stereocenters. The zero-order chi connectivity index (χ0) is 18.5. The van der Waals surface area contributed by atoms with Crippen LogP contribution < -0.4 is 5.32 Å². The molecule has 0 aliphatic carbocycles. The van der Waals surface area contributed by atoms with Crippen molar-refractivity contribution < 1.29 is 9.32 Å². The van der Waals surface area contributed by atoms with Gasteiger partial charge in [0.15, 0.2) is 5.76 Å². The van der Waals surface area contributed by atoms with Gasteiger partial charge in [-0.15, -0.1) is 0 Å². The molecule has 26 heavy (non-hydrogen) atoms. The molecule has 136 valence electrons. The van der Waals surface area contributed by atoms with Gasteiger partial charge >= 0.3 is 0 Å². The first-order valence-corrected chi connectivity index (χ1v) is 9.11. The van der Waals surface area contributed by atoms with Gasteiger partial charge in [-0.2, -0.15) is 0 Å². The molecule has 1 N–H and O–H groups in total. The zero-order valence-corrected chi connectivity index (χ0v) is 15.5. The van der Waals surface area contributed by atoms with Crippen molar-refractivity contribution in [2.75, 3.05) is 19.6 Å². The third-order valence-electron chi connectivity index (χ3n) is 4.77. The van der Waals surface area contributed by atoms with Crippen LogP contribution in [0.1, 0.15) is 31.1 Å². The first kappa shape index (κ1) is 18.1. The summed E-state index contributed by atoms with van der Waals surface area (Å²) in [5.41, 5.74) is 2.31. The number of fused-ring (bicyclic) bond motifs is 1. The lowest BCUT2D eigenvalue weighted by atomic mass is 10.1. The Morgan fingerprint density at radius 2 is 1.88 bits per heavy atom. The van der Waals surface area contributed by atoms with E-state index in [4.69, 9.17) is 4.52 Å². The highest BCUT2D eigenvalue weighted by molar-refractivity contribution is 6.00. The topological polar surface area (TPSA) is 58.4 Å². The molecule has 5 nitrogen and oxygen atoms in total. The van der Waals surface area contributed by atoms with E-state index in [0.717, 1.165) is 29.6 Å². The van der Waals surface area contributed by atoms with E-state index in [-0.39, 0.29) is 5.91 Å². The van der Waals surface area contributed by atoms with Crippen LogP contribution in [-0.2, 0) is 0 Å². The first-order valence-electron chi connectivity index (χ1n) is 9.11. The molecular formula is C21H25N3O2. The van der Waals surface area contributed by atoms with Gasteiger partial charge in [0.2, 0.25) is 0 Å². The standard InChI is InChI=1S/C21H25N3O2/c1-4-24(5-2)15(3)14-22-21(25)17-11-12-19-18(13-17)20(26-23-19)16-9-7-6-8-10-16/h6-13,15H,4-5,14H2,1-3H3,(H,22,25). The number of amides is 1. The molecule has 1 aromatic heterocycles. The number of nitrogens with zero attached hydrogens (tertiary/aromatic N) is 2. The van der Waals surface area contributed by atoms with Gasteiger partial charge in [0, 0.05) is 23.7 Å². The van der Waals surface area contributed by atoms with Crippen molar-refractivity contribution in [1.29, 1.82) is 0 Å². The van der Waals surface area contributed by atoms with E-state index in [2.05, 4.69) is 36.1 Å². The van der Waals surface area contributed by atoms with Gasteiger partial charge < -0.3 is 9.84 Å². The van der Waals surface area contributed by atoms with Crippen molar-refractivity contribution in [2.24, 2.45) is 0 Å². The van der Waals surface area contributed by atoms with Gasteiger partial charge in [0.25, 0.3) is 5.91 Å². The van der Waals surface area contributed by atoms with Crippen molar-refractivity contribution in [3.8, 4) is 11.3 Å². The van der Waals surface area contributed by atoms with Crippen LogP contribution in [0.5, 0.6) is 0 Å². The Labute approximate surface area is 154 Å². The number of carbonyl (C=O) groups excluding carboxylic acids is 1. The molecule has 0 saturated carbocycles. The van der Waals surface area contributed by atoms with E-state index in [0.29, 0.717) is 23.9 Å². The molecule has 2 aromatic carbocycles. The third-order valence-corrected chi connectivity index (χ3v) is 4.77. The fourth-order valence-electron chi connectivity index (χ4n) is 3.20. The summed E-state index contributed by atoms with van der Waals surface area (Å²) < 4.78 is 5.51. The number of benzene rings is 2. The summed E-state index contributed by atoms with van der Waals surface area (Å²) >= 11 is 0. The molecule has 0 aliphatic heterocycles. The monoisotopic (exact) mass is 351 g/mol. The van der Waals surface area contributed by atoms with Crippen molar-refractivity contribution in [1.82, 2.24) is 15.4 Å². The van der Waals surface area contributed by atoms with E-state index in [9.17, 15) is 4.79 Å². The smallest absolute Gasteiger partial charge is 0.251 e. The minimum absolute atomic E-state index is 0.0777. The van der Waals surface area contributed by atoms with E-state index < -0.39 is 0 Å². The summed E-state index contributed by atoms with van der Waals surface area (Å²) in [6.45, 7) is 8.96. The van der Waals surface area contributed by atoms with Crippen molar-refractivity contribution in [2.45, 2.75) is 26.8 Å². The highest BCUT2D eigenvalue weighted by atomic mass is 16.5. The van der Waals surface area contributed by atoms with Gasteiger partial charge in [-0.05, 0) is 38.2 Å². The molecule has 3 rings (SSSR count). The Morgan fingerprint density at radius 1 is 1.15 bits per heavy atom. The fourth-order valence-corrected chi connectivity index (χ4v) is 3.20. The molecule has 0 fully saturated rings. The Hall–Kier alpha value is -2.66. The molecule has 0 bridgehead atoms. The van der Waals surface area contributed by atoms with Crippen LogP contribution in [0.25, 0.3) is 22.2 Å². The predicted octanol–water partition coefficient (Wildman–Crippen LogP) is 3.95. The average molecular weight is 351 g/mol. The molecular weight excluding hydrogens is 326 g/mol. The predicted molar refractivity (Wildman–Crippen MR) is 104 cm³/mol. The summed E-state index contributed by atoms with van der Waals surface area (Å²) in [6, 6.07) is 15.6. The van der Waals surface area contributed by atoms with Crippen molar-refractivity contribution in [3.63, 3.8) is 0 Å². The normalized spacial score (nSPS) is 12.5. The minimum atomic E-state index is -0.0777. The Balaban J connectivity index is 1.79. The summed E-state index contributed by atoms with van der Waals surface area (Å²) in [4.78, 5) is 14.9.